The molecule has 0 saturated heterocycles. The molecule has 1 aliphatic heterocycles. The van der Waals surface area contributed by atoms with Gasteiger partial charge in [-0.3, -0.25) is 3.97 Å². The van der Waals surface area contributed by atoms with E-state index in [1.165, 1.54) is 10.8 Å². The summed E-state index contributed by atoms with van der Waals surface area (Å²) in [6.45, 7) is 0. The highest BCUT2D eigenvalue weighted by atomic mass is 32.2. The molecule has 0 bridgehead atoms. The number of hydrogen-bond donors (Lipinski definition) is 0. The Kier molecular flexibility index (Phi) is 3.35. The first-order chi connectivity index (χ1) is 11.9. The Morgan fingerprint density at radius 3 is 2.75 bits per heavy atom. The van der Waals surface area contributed by atoms with Gasteiger partial charge in [-0.25, -0.2) is 9.98 Å². The fourth-order valence-corrected chi connectivity index (χ4v) is 5.00. The lowest BCUT2D eigenvalue weighted by atomic mass is 10.1. The zero-order valence-electron chi connectivity index (χ0n) is 12.7. The van der Waals surface area contributed by atoms with Crippen LogP contribution in [0.1, 0.15) is 5.82 Å². The van der Waals surface area contributed by atoms with Crippen molar-refractivity contribution in [1.82, 2.24) is 8.96 Å². The second-order valence-electron chi connectivity index (χ2n) is 5.57. The predicted molar refractivity (Wildman–Crippen MR) is 105 cm³/mol. The first kappa shape index (κ1) is 14.1. The van der Waals surface area contributed by atoms with Gasteiger partial charge in [0.15, 0.2) is 4.38 Å². The van der Waals surface area contributed by atoms with Gasteiger partial charge in [0, 0.05) is 17.3 Å². The third kappa shape index (κ3) is 2.32. The molecule has 5 rings (SSSR count). The summed E-state index contributed by atoms with van der Waals surface area (Å²) in [4.78, 5) is 9.64. The molecule has 0 amide bonds. The van der Waals surface area contributed by atoms with Crippen molar-refractivity contribution in [1.29, 1.82) is 0 Å². The van der Waals surface area contributed by atoms with E-state index in [0.717, 1.165) is 32.7 Å². The van der Waals surface area contributed by atoms with Crippen LogP contribution in [0, 0.1) is 0 Å². The first-order valence-electron chi connectivity index (χ1n) is 7.72. The molecule has 0 atom stereocenters. The highest BCUT2D eigenvalue weighted by Crippen LogP contribution is 2.37. The van der Waals surface area contributed by atoms with Crippen LogP contribution in [0.3, 0.4) is 0 Å². The monoisotopic (exact) mass is 347 g/mol. The Labute approximate surface area is 147 Å². The van der Waals surface area contributed by atoms with Crippen molar-refractivity contribution >= 4 is 55.6 Å². The van der Waals surface area contributed by atoms with Crippen molar-refractivity contribution in [3.05, 3.63) is 72.6 Å². The number of benzene rings is 3. The molecule has 0 N–H and O–H groups in total. The highest BCUT2D eigenvalue weighted by Gasteiger charge is 2.20. The number of nitrogens with zero attached hydrogens (tertiary/aromatic N) is 3. The summed E-state index contributed by atoms with van der Waals surface area (Å²) in [5.41, 5.74) is 3.23. The van der Waals surface area contributed by atoms with E-state index in [9.17, 15) is 0 Å². The van der Waals surface area contributed by atoms with Gasteiger partial charge in [0.2, 0.25) is 0 Å². The van der Waals surface area contributed by atoms with Gasteiger partial charge in [-0.1, -0.05) is 60.3 Å². The molecule has 3 aromatic carbocycles. The average Bonchev–Trinajstić information content (AvgIpc) is 3.00. The van der Waals surface area contributed by atoms with Crippen LogP contribution in [0.15, 0.2) is 71.7 Å². The number of aliphatic imine (C=N–C) groups is 1. The zero-order valence-corrected chi connectivity index (χ0v) is 14.3. The van der Waals surface area contributed by atoms with E-state index < -0.39 is 0 Å². The molecule has 0 unspecified atom stereocenters. The molecule has 1 aliphatic rings. The number of fused-ring (bicyclic) bond motifs is 4. The lowest BCUT2D eigenvalue weighted by Crippen LogP contribution is -2.05. The van der Waals surface area contributed by atoms with Crippen LogP contribution < -0.4 is 0 Å². The van der Waals surface area contributed by atoms with Crippen LogP contribution in [0.5, 0.6) is 0 Å². The molecule has 4 aromatic rings. The molecule has 2 heterocycles. The summed E-state index contributed by atoms with van der Waals surface area (Å²) >= 11 is 3.42. The number of aromatic nitrogens is 2. The fourth-order valence-electron chi connectivity index (χ4n) is 2.93. The Hall–Kier alpha value is -2.24. The molecular weight excluding hydrogens is 334 g/mol. The van der Waals surface area contributed by atoms with Crippen LogP contribution in [-0.2, 0) is 5.75 Å². The third-order valence-electron chi connectivity index (χ3n) is 4.06. The van der Waals surface area contributed by atoms with Crippen LogP contribution in [0.25, 0.3) is 21.8 Å². The molecule has 0 radical (unpaired) electrons. The summed E-state index contributed by atoms with van der Waals surface area (Å²) in [7, 11) is 0. The second kappa shape index (κ2) is 5.69. The van der Waals surface area contributed by atoms with Gasteiger partial charge in [0.05, 0.1) is 22.5 Å². The predicted octanol–water partition coefficient (Wildman–Crippen LogP) is 5.62. The van der Waals surface area contributed by atoms with Crippen molar-refractivity contribution in [3.63, 3.8) is 0 Å². The van der Waals surface area contributed by atoms with Crippen LogP contribution in [0.4, 0.5) is 5.69 Å². The summed E-state index contributed by atoms with van der Waals surface area (Å²) in [6.07, 6.45) is 0. The van der Waals surface area contributed by atoms with E-state index in [0.29, 0.717) is 0 Å². The minimum absolute atomic E-state index is 0.852. The standard InChI is InChI=1S/C19H13N3S2/c1-2-8-14-13(6-1)7-5-10-15(14)21-19-23-12-18-20-16-9-3-4-11-17(16)22(18)24-19/h1-11H,12H2. The van der Waals surface area contributed by atoms with Crippen molar-refractivity contribution in [2.45, 2.75) is 5.75 Å². The van der Waals surface area contributed by atoms with Gasteiger partial charge in [-0.2, -0.15) is 0 Å². The van der Waals surface area contributed by atoms with Gasteiger partial charge >= 0.3 is 0 Å². The normalized spacial score (nSPS) is 15.9. The molecule has 0 saturated carbocycles. The van der Waals surface area contributed by atoms with Gasteiger partial charge in [0.1, 0.15) is 5.82 Å². The molecule has 5 heteroatoms. The average molecular weight is 347 g/mol. The van der Waals surface area contributed by atoms with Crippen molar-refractivity contribution in [2.75, 3.05) is 0 Å². The SMILES string of the molecule is c1ccc2c(N=C3SCc4nc5ccccc5n4S3)cccc2c1. The van der Waals surface area contributed by atoms with E-state index in [1.807, 2.05) is 6.07 Å². The van der Waals surface area contributed by atoms with Gasteiger partial charge in [-0.05, 0) is 23.6 Å². The maximum atomic E-state index is 4.93. The van der Waals surface area contributed by atoms with Crippen molar-refractivity contribution in [2.24, 2.45) is 4.99 Å². The number of hydrogen-bond acceptors (Lipinski definition) is 4. The van der Waals surface area contributed by atoms with Gasteiger partial charge in [0.25, 0.3) is 0 Å². The molecule has 1 aromatic heterocycles. The Bertz CT molecular complexity index is 1090. The van der Waals surface area contributed by atoms with Crippen LogP contribution in [0.2, 0.25) is 0 Å². The zero-order chi connectivity index (χ0) is 15.9. The molecule has 0 aliphatic carbocycles. The quantitative estimate of drug-likeness (QED) is 0.447. The summed E-state index contributed by atoms with van der Waals surface area (Å²) in [5, 5.41) is 2.41. The Morgan fingerprint density at radius 2 is 1.75 bits per heavy atom. The van der Waals surface area contributed by atoms with Crippen LogP contribution >= 0.6 is 23.7 Å². The molecule has 3 nitrogen and oxygen atoms in total. The van der Waals surface area contributed by atoms with E-state index in [2.05, 4.69) is 64.6 Å². The number of rotatable bonds is 1. The Balaban J connectivity index is 1.60. The smallest absolute Gasteiger partial charge is 0.151 e. The molecular formula is C19H13N3S2. The lowest BCUT2D eigenvalue weighted by molar-refractivity contribution is 1.10. The summed E-state index contributed by atoms with van der Waals surface area (Å²) in [5.74, 6) is 1.95. The molecule has 116 valence electrons. The number of imidazole rings is 1. The minimum Gasteiger partial charge on any atom is -0.263 e. The fraction of sp³-hybridized carbons (Fsp3) is 0.0526. The maximum absolute atomic E-state index is 4.93. The molecule has 0 spiro atoms. The topological polar surface area (TPSA) is 30.2 Å². The highest BCUT2D eigenvalue weighted by molar-refractivity contribution is 8.38. The van der Waals surface area contributed by atoms with Gasteiger partial charge < -0.3 is 0 Å². The number of para-hydroxylation sites is 2. The largest absolute Gasteiger partial charge is 0.263 e. The summed E-state index contributed by atoms with van der Waals surface area (Å²) < 4.78 is 3.26. The molecule has 0 fully saturated rings. The van der Waals surface area contributed by atoms with E-state index >= 15 is 0 Å². The van der Waals surface area contributed by atoms with Crippen molar-refractivity contribution in [3.8, 4) is 0 Å². The van der Waals surface area contributed by atoms with E-state index in [-0.39, 0.29) is 0 Å². The first-order valence-corrected chi connectivity index (χ1v) is 9.48. The van der Waals surface area contributed by atoms with E-state index in [1.54, 1.807) is 23.7 Å². The lowest BCUT2D eigenvalue weighted by Gasteiger charge is -2.15. The third-order valence-corrected chi connectivity index (χ3v) is 6.21. The minimum atomic E-state index is 0.852. The van der Waals surface area contributed by atoms with Crippen molar-refractivity contribution < 1.29 is 0 Å². The Morgan fingerprint density at radius 1 is 0.917 bits per heavy atom. The maximum Gasteiger partial charge on any atom is 0.151 e. The second-order valence-corrected chi connectivity index (χ2v) is 7.72. The number of thioether (sulfide) groups is 1. The molecule has 24 heavy (non-hydrogen) atoms. The van der Waals surface area contributed by atoms with Gasteiger partial charge in [-0.15, -0.1) is 0 Å². The van der Waals surface area contributed by atoms with E-state index in [4.69, 9.17) is 9.98 Å². The van der Waals surface area contributed by atoms with Crippen LogP contribution in [-0.4, -0.2) is 13.3 Å². The summed E-state index contributed by atoms with van der Waals surface area (Å²) in [6, 6.07) is 22.9.